The molecule has 0 spiro atoms. The molecule has 5 nitrogen and oxygen atoms in total. The molecule has 1 aromatic carbocycles. The summed E-state index contributed by atoms with van der Waals surface area (Å²) < 4.78 is 19.7. The van der Waals surface area contributed by atoms with E-state index in [1.807, 2.05) is 24.3 Å². The van der Waals surface area contributed by atoms with Crippen molar-refractivity contribution in [2.45, 2.75) is 49.7 Å². The van der Waals surface area contributed by atoms with E-state index in [4.69, 9.17) is 4.74 Å². The van der Waals surface area contributed by atoms with Gasteiger partial charge in [0.2, 0.25) is 0 Å². The fourth-order valence-corrected chi connectivity index (χ4v) is 3.93. The molecule has 1 aliphatic rings. The Labute approximate surface area is 156 Å². The minimum absolute atomic E-state index is 0.0345. The van der Waals surface area contributed by atoms with E-state index in [0.717, 1.165) is 47.5 Å². The molecule has 1 saturated carbocycles. The van der Waals surface area contributed by atoms with Crippen molar-refractivity contribution in [1.29, 1.82) is 0 Å². The van der Waals surface area contributed by atoms with Gasteiger partial charge in [-0.05, 0) is 56.9 Å². The molecule has 6 heteroatoms. The predicted molar refractivity (Wildman–Crippen MR) is 103 cm³/mol. The van der Waals surface area contributed by atoms with Gasteiger partial charge in [-0.2, -0.15) is 0 Å². The first kappa shape index (κ1) is 18.9. The van der Waals surface area contributed by atoms with Crippen LogP contribution in [0.5, 0.6) is 5.75 Å². The summed E-state index contributed by atoms with van der Waals surface area (Å²) >= 11 is 0. The van der Waals surface area contributed by atoms with Crippen LogP contribution in [0.15, 0.2) is 40.2 Å². The molecule has 1 unspecified atom stereocenters. The number of hydrogen-bond donors (Lipinski definition) is 1. The van der Waals surface area contributed by atoms with Crippen molar-refractivity contribution < 1.29 is 14.1 Å². The number of aliphatic hydroxyl groups excluding tert-OH is 1. The summed E-state index contributed by atoms with van der Waals surface area (Å²) in [6.07, 6.45) is 6.38. The number of aliphatic hydroxyl groups is 1. The lowest BCUT2D eigenvalue weighted by atomic mass is 9.95. The number of ether oxygens (including phenoxy) is 1. The maximum atomic E-state index is 12.0. The fraction of sp³-hybridized carbons (Fsp3) is 0.450. The molecule has 0 radical (unpaired) electrons. The van der Waals surface area contributed by atoms with Crippen molar-refractivity contribution in [3.05, 3.63) is 46.4 Å². The van der Waals surface area contributed by atoms with Gasteiger partial charge in [0.05, 0.1) is 12.2 Å². The number of aromatic nitrogens is 1. The molecular formula is C20H25NO4S. The molecule has 26 heavy (non-hydrogen) atoms. The van der Waals surface area contributed by atoms with Crippen LogP contribution in [0.3, 0.4) is 0 Å². The highest BCUT2D eigenvalue weighted by molar-refractivity contribution is 7.84. The molecular weight excluding hydrogens is 350 g/mol. The minimum atomic E-state index is -1.10. The second-order valence-electron chi connectivity index (χ2n) is 6.99. The summed E-state index contributed by atoms with van der Waals surface area (Å²) in [6, 6.07) is 7.40. The number of aryl methyl sites for hydroxylation is 2. The number of hydrogen-bond acceptors (Lipinski definition) is 4. The minimum Gasteiger partial charge on any atom is -0.490 e. The maximum absolute atomic E-state index is 12.0. The van der Waals surface area contributed by atoms with E-state index in [0.29, 0.717) is 5.56 Å². The lowest BCUT2D eigenvalue weighted by molar-refractivity contribution is 0.0668. The van der Waals surface area contributed by atoms with Crippen molar-refractivity contribution in [3.8, 4) is 16.9 Å². The number of benzene rings is 1. The van der Waals surface area contributed by atoms with E-state index >= 15 is 0 Å². The Hall–Kier alpha value is -1.92. The summed E-state index contributed by atoms with van der Waals surface area (Å²) in [5.41, 5.74) is 2.32. The first-order valence-corrected chi connectivity index (χ1v) is 10.4. The quantitative estimate of drug-likeness (QED) is 0.892. The maximum Gasteiger partial charge on any atom is 0.253 e. The lowest BCUT2D eigenvalue weighted by Gasteiger charge is -2.27. The second kappa shape index (κ2) is 7.76. The first-order valence-electron chi connectivity index (χ1n) is 8.85. The average Bonchev–Trinajstić information content (AvgIpc) is 2.61. The number of rotatable bonds is 4. The summed E-state index contributed by atoms with van der Waals surface area (Å²) in [4.78, 5) is 12.7. The van der Waals surface area contributed by atoms with Gasteiger partial charge in [0.15, 0.2) is 0 Å². The molecule has 1 aliphatic carbocycles. The van der Waals surface area contributed by atoms with Crippen molar-refractivity contribution in [2.75, 3.05) is 6.26 Å². The van der Waals surface area contributed by atoms with Crippen LogP contribution in [0.25, 0.3) is 11.1 Å². The molecule has 1 fully saturated rings. The van der Waals surface area contributed by atoms with Crippen LogP contribution in [0.2, 0.25) is 0 Å². The summed E-state index contributed by atoms with van der Waals surface area (Å²) in [7, 11) is 0.621. The van der Waals surface area contributed by atoms with Gasteiger partial charge in [0.25, 0.3) is 5.56 Å². The Morgan fingerprint density at radius 3 is 2.50 bits per heavy atom. The predicted octanol–water partition coefficient (Wildman–Crippen LogP) is 2.78. The van der Waals surface area contributed by atoms with Gasteiger partial charge in [-0.15, -0.1) is 0 Å². The van der Waals surface area contributed by atoms with Gasteiger partial charge in [0, 0.05) is 51.9 Å². The number of pyridine rings is 1. The molecule has 1 N–H and O–H groups in total. The molecule has 0 bridgehead atoms. The average molecular weight is 375 g/mol. The van der Waals surface area contributed by atoms with Crippen LogP contribution >= 0.6 is 0 Å². The Balaban J connectivity index is 2.02. The van der Waals surface area contributed by atoms with Crippen molar-refractivity contribution in [2.24, 2.45) is 7.05 Å². The van der Waals surface area contributed by atoms with Crippen LogP contribution < -0.4 is 10.3 Å². The van der Waals surface area contributed by atoms with Crippen LogP contribution in [0.1, 0.15) is 31.2 Å². The van der Waals surface area contributed by atoms with Gasteiger partial charge >= 0.3 is 0 Å². The van der Waals surface area contributed by atoms with Gasteiger partial charge in [-0.3, -0.25) is 9.00 Å². The lowest BCUT2D eigenvalue weighted by Crippen LogP contribution is -2.26. The standard InChI is InChI=1S/C20H25NO4S/c1-13-10-14(12-21(2)20(13)23)18-11-17(26(3)24)8-9-19(18)25-16-6-4-15(22)5-7-16/h8-12,15-16,22H,4-7H2,1-3H3. The summed E-state index contributed by atoms with van der Waals surface area (Å²) in [5, 5.41) is 9.69. The zero-order valence-electron chi connectivity index (χ0n) is 15.4. The van der Waals surface area contributed by atoms with Gasteiger partial charge in [-0.25, -0.2) is 0 Å². The second-order valence-corrected chi connectivity index (χ2v) is 8.37. The Kier molecular flexibility index (Phi) is 5.63. The zero-order chi connectivity index (χ0) is 18.8. The van der Waals surface area contributed by atoms with E-state index in [1.165, 1.54) is 0 Å². The van der Waals surface area contributed by atoms with Crippen LogP contribution in [-0.2, 0) is 17.8 Å². The third-order valence-electron chi connectivity index (χ3n) is 4.89. The van der Waals surface area contributed by atoms with Gasteiger partial charge in [-0.1, -0.05) is 0 Å². The fourth-order valence-electron chi connectivity index (χ4n) is 3.38. The molecule has 1 heterocycles. The third kappa shape index (κ3) is 4.07. The molecule has 0 aliphatic heterocycles. The SMILES string of the molecule is Cc1cc(-c2cc(S(C)=O)ccc2OC2CCC(O)CC2)cn(C)c1=O. The van der Waals surface area contributed by atoms with Crippen molar-refractivity contribution in [3.63, 3.8) is 0 Å². The van der Waals surface area contributed by atoms with Crippen LogP contribution in [-0.4, -0.2) is 32.3 Å². The van der Waals surface area contributed by atoms with Gasteiger partial charge in [0.1, 0.15) is 5.75 Å². The number of nitrogens with zero attached hydrogens (tertiary/aromatic N) is 1. The van der Waals surface area contributed by atoms with Gasteiger partial charge < -0.3 is 14.4 Å². The third-order valence-corrected chi connectivity index (χ3v) is 5.81. The van der Waals surface area contributed by atoms with E-state index < -0.39 is 10.8 Å². The van der Waals surface area contributed by atoms with Crippen molar-refractivity contribution in [1.82, 2.24) is 4.57 Å². The normalized spacial score (nSPS) is 21.4. The monoisotopic (exact) mass is 375 g/mol. The molecule has 140 valence electrons. The largest absolute Gasteiger partial charge is 0.490 e. The Morgan fingerprint density at radius 1 is 1.19 bits per heavy atom. The molecule has 1 aromatic heterocycles. The van der Waals surface area contributed by atoms with Crippen molar-refractivity contribution >= 4 is 10.8 Å². The highest BCUT2D eigenvalue weighted by Crippen LogP contribution is 2.34. The smallest absolute Gasteiger partial charge is 0.253 e. The highest BCUT2D eigenvalue weighted by Gasteiger charge is 2.22. The zero-order valence-corrected chi connectivity index (χ0v) is 16.2. The highest BCUT2D eigenvalue weighted by atomic mass is 32.2. The van der Waals surface area contributed by atoms with E-state index in [-0.39, 0.29) is 17.8 Å². The molecule has 0 saturated heterocycles. The van der Waals surface area contributed by atoms with E-state index in [1.54, 1.807) is 31.0 Å². The van der Waals surface area contributed by atoms with Crippen LogP contribution in [0.4, 0.5) is 0 Å². The van der Waals surface area contributed by atoms with Crippen LogP contribution in [0, 0.1) is 6.92 Å². The Bertz CT molecular complexity index is 856. The summed E-state index contributed by atoms with van der Waals surface area (Å²) in [6.45, 7) is 1.79. The van der Waals surface area contributed by atoms with E-state index in [9.17, 15) is 14.1 Å². The summed E-state index contributed by atoms with van der Waals surface area (Å²) in [5.74, 6) is 0.721. The molecule has 1 atom stereocenters. The molecule has 2 aromatic rings. The molecule has 3 rings (SSSR count). The molecule has 0 amide bonds. The Morgan fingerprint density at radius 2 is 1.88 bits per heavy atom. The first-order chi connectivity index (χ1) is 12.3. The van der Waals surface area contributed by atoms with E-state index in [2.05, 4.69) is 0 Å². The topological polar surface area (TPSA) is 68.5 Å².